The van der Waals surface area contributed by atoms with E-state index in [0.717, 1.165) is 60.9 Å². The van der Waals surface area contributed by atoms with E-state index in [4.69, 9.17) is 4.98 Å². The van der Waals surface area contributed by atoms with Crippen molar-refractivity contribution in [3.63, 3.8) is 0 Å². The predicted molar refractivity (Wildman–Crippen MR) is 121 cm³/mol. The Hall–Kier alpha value is -2.84. The van der Waals surface area contributed by atoms with E-state index in [1.807, 2.05) is 29.2 Å². The van der Waals surface area contributed by atoms with Crippen molar-refractivity contribution in [2.75, 3.05) is 31.1 Å². The number of hydrogen-bond donors (Lipinski definition) is 1. The number of aromatic nitrogens is 4. The van der Waals surface area contributed by atoms with Crippen molar-refractivity contribution >= 4 is 5.95 Å². The summed E-state index contributed by atoms with van der Waals surface area (Å²) in [7, 11) is 0. The van der Waals surface area contributed by atoms with Crippen molar-refractivity contribution in [3.8, 4) is 11.3 Å². The highest BCUT2D eigenvalue weighted by atomic mass is 19.1. The molecule has 0 unspecified atom stereocenters. The molecule has 0 spiro atoms. The second-order valence-electron chi connectivity index (χ2n) is 8.58. The van der Waals surface area contributed by atoms with E-state index in [2.05, 4.69) is 19.9 Å². The van der Waals surface area contributed by atoms with Crippen LogP contribution < -0.4 is 4.90 Å². The predicted octanol–water partition coefficient (Wildman–Crippen LogP) is 3.41. The number of likely N-dealkylation sites (tertiary alicyclic amines) is 1. The maximum atomic E-state index is 13.7. The van der Waals surface area contributed by atoms with Crippen LogP contribution in [0.5, 0.6) is 0 Å². The van der Waals surface area contributed by atoms with Crippen molar-refractivity contribution in [1.29, 1.82) is 0 Å². The molecule has 168 valence electrons. The molecule has 1 N–H and O–H groups in total. The third-order valence-electron chi connectivity index (χ3n) is 6.45. The van der Waals surface area contributed by atoms with Gasteiger partial charge in [-0.3, -0.25) is 9.58 Å². The summed E-state index contributed by atoms with van der Waals surface area (Å²) in [5.74, 6) is 0.559. The zero-order valence-corrected chi connectivity index (χ0v) is 18.2. The van der Waals surface area contributed by atoms with Crippen LogP contribution in [-0.4, -0.2) is 56.0 Å². The summed E-state index contributed by atoms with van der Waals surface area (Å²) in [4.78, 5) is 14.0. The number of nitrogens with zero attached hydrogens (tertiary/aromatic N) is 6. The molecule has 2 aromatic heterocycles. The van der Waals surface area contributed by atoms with Crippen LogP contribution >= 0.6 is 0 Å². The lowest BCUT2D eigenvalue weighted by Crippen LogP contribution is -2.26. The molecule has 7 nitrogen and oxygen atoms in total. The van der Waals surface area contributed by atoms with Gasteiger partial charge in [-0.15, -0.1) is 0 Å². The maximum Gasteiger partial charge on any atom is 0.225 e. The first-order valence-corrected chi connectivity index (χ1v) is 11.5. The highest BCUT2D eigenvalue weighted by molar-refractivity contribution is 5.63. The fraction of sp³-hybridized carbons (Fsp3) is 0.458. The third kappa shape index (κ3) is 4.25. The maximum absolute atomic E-state index is 13.7. The molecule has 32 heavy (non-hydrogen) atoms. The largest absolute Gasteiger partial charge is 0.394 e. The molecule has 8 heteroatoms. The van der Waals surface area contributed by atoms with Gasteiger partial charge in [0.1, 0.15) is 5.82 Å². The van der Waals surface area contributed by atoms with Crippen molar-refractivity contribution < 1.29 is 9.50 Å². The lowest BCUT2D eigenvalue weighted by atomic mass is 10.0. The number of benzene rings is 1. The van der Waals surface area contributed by atoms with E-state index >= 15 is 0 Å². The van der Waals surface area contributed by atoms with Crippen LogP contribution in [0, 0.1) is 5.82 Å². The van der Waals surface area contributed by atoms with Crippen molar-refractivity contribution in [2.45, 2.75) is 44.8 Å². The SMILES string of the molecule is OCCn1ncc(-c2ccnc(N3CCCC3)n2)c1[C@@H]1CCCN1Cc1cccc(F)c1. The number of aliphatic hydroxyl groups excluding tert-OH is 1. The van der Waals surface area contributed by atoms with E-state index in [9.17, 15) is 9.50 Å². The minimum absolute atomic E-state index is 0.0214. The Morgan fingerprint density at radius 2 is 1.97 bits per heavy atom. The van der Waals surface area contributed by atoms with Crippen LogP contribution in [0.15, 0.2) is 42.7 Å². The molecule has 2 fully saturated rings. The molecule has 2 aliphatic rings. The molecular weight excluding hydrogens is 407 g/mol. The number of aliphatic hydroxyl groups is 1. The van der Waals surface area contributed by atoms with Gasteiger partial charge >= 0.3 is 0 Å². The minimum atomic E-state index is -0.209. The Labute approximate surface area is 187 Å². The number of anilines is 1. The van der Waals surface area contributed by atoms with Crippen LogP contribution in [0.1, 0.15) is 43.0 Å². The second-order valence-corrected chi connectivity index (χ2v) is 8.58. The molecule has 0 saturated carbocycles. The van der Waals surface area contributed by atoms with Crippen molar-refractivity contribution in [1.82, 2.24) is 24.6 Å². The van der Waals surface area contributed by atoms with Crippen LogP contribution in [0.4, 0.5) is 10.3 Å². The van der Waals surface area contributed by atoms with Crippen LogP contribution in [0.2, 0.25) is 0 Å². The third-order valence-corrected chi connectivity index (χ3v) is 6.45. The highest BCUT2D eigenvalue weighted by Gasteiger charge is 2.32. The first-order chi connectivity index (χ1) is 15.7. The summed E-state index contributed by atoms with van der Waals surface area (Å²) in [6, 6.07) is 8.89. The molecule has 2 aliphatic heterocycles. The van der Waals surface area contributed by atoms with Gasteiger partial charge < -0.3 is 10.0 Å². The Kier molecular flexibility index (Phi) is 6.14. The Bertz CT molecular complexity index is 1060. The molecule has 1 aromatic carbocycles. The Morgan fingerprint density at radius 1 is 1.09 bits per heavy atom. The van der Waals surface area contributed by atoms with Gasteiger partial charge in [0.25, 0.3) is 0 Å². The van der Waals surface area contributed by atoms with E-state index < -0.39 is 0 Å². The zero-order chi connectivity index (χ0) is 21.9. The minimum Gasteiger partial charge on any atom is -0.394 e. The van der Waals surface area contributed by atoms with Crippen LogP contribution in [0.3, 0.4) is 0 Å². The lowest BCUT2D eigenvalue weighted by molar-refractivity contribution is 0.226. The molecular formula is C24H29FN6O. The molecule has 3 aromatic rings. The molecule has 0 amide bonds. The normalized spacial score (nSPS) is 19.2. The summed E-state index contributed by atoms with van der Waals surface area (Å²) in [6.07, 6.45) is 8.08. The first-order valence-electron chi connectivity index (χ1n) is 11.5. The van der Waals surface area contributed by atoms with Gasteiger partial charge in [-0.1, -0.05) is 12.1 Å². The molecule has 5 rings (SSSR count). The van der Waals surface area contributed by atoms with Crippen LogP contribution in [-0.2, 0) is 13.1 Å². The summed E-state index contributed by atoms with van der Waals surface area (Å²) < 4.78 is 15.7. The standard InChI is InChI=1S/C24H29FN6O/c25-19-6-3-5-18(15-19)17-30-12-4-7-22(30)23-20(16-27-31(23)13-14-32)21-8-9-26-24(28-21)29-10-1-2-11-29/h3,5-6,8-9,15-16,22,32H,1-2,4,7,10-14,17H2/t22-/m0/s1. The summed E-state index contributed by atoms with van der Waals surface area (Å²) in [6.45, 7) is 4.05. The quantitative estimate of drug-likeness (QED) is 0.612. The van der Waals surface area contributed by atoms with Crippen LogP contribution in [0.25, 0.3) is 11.3 Å². The average molecular weight is 437 g/mol. The van der Waals surface area contributed by atoms with Gasteiger partial charge in [-0.25, -0.2) is 14.4 Å². The lowest BCUT2D eigenvalue weighted by Gasteiger charge is -2.26. The van der Waals surface area contributed by atoms with E-state index in [0.29, 0.717) is 13.1 Å². The molecule has 0 radical (unpaired) electrons. The van der Waals surface area contributed by atoms with Crippen molar-refractivity contribution in [3.05, 3.63) is 59.8 Å². The second kappa shape index (κ2) is 9.34. The smallest absolute Gasteiger partial charge is 0.225 e. The number of halogens is 1. The molecule has 0 bridgehead atoms. The topological polar surface area (TPSA) is 70.3 Å². The summed E-state index contributed by atoms with van der Waals surface area (Å²) >= 11 is 0. The summed E-state index contributed by atoms with van der Waals surface area (Å²) in [5.41, 5.74) is 3.88. The summed E-state index contributed by atoms with van der Waals surface area (Å²) in [5, 5.41) is 14.2. The zero-order valence-electron chi connectivity index (χ0n) is 18.2. The average Bonchev–Trinajstić information content (AvgIpc) is 3.55. The van der Waals surface area contributed by atoms with E-state index in [-0.39, 0.29) is 18.5 Å². The van der Waals surface area contributed by atoms with Gasteiger partial charge in [0.2, 0.25) is 5.95 Å². The van der Waals surface area contributed by atoms with Gasteiger partial charge in [-0.05, 0) is 56.0 Å². The number of rotatable bonds is 7. The van der Waals surface area contributed by atoms with Gasteiger partial charge in [0.05, 0.1) is 36.8 Å². The van der Waals surface area contributed by atoms with E-state index in [1.54, 1.807) is 12.1 Å². The van der Waals surface area contributed by atoms with Crippen molar-refractivity contribution in [2.24, 2.45) is 0 Å². The molecule has 0 aliphatic carbocycles. The van der Waals surface area contributed by atoms with E-state index in [1.165, 1.54) is 18.9 Å². The molecule has 1 atom stereocenters. The van der Waals surface area contributed by atoms with Gasteiger partial charge in [-0.2, -0.15) is 5.10 Å². The van der Waals surface area contributed by atoms with Gasteiger partial charge in [0, 0.05) is 31.4 Å². The fourth-order valence-electron chi connectivity index (χ4n) is 4.98. The Morgan fingerprint density at radius 3 is 2.78 bits per heavy atom. The molecule has 4 heterocycles. The highest BCUT2D eigenvalue weighted by Crippen LogP contribution is 2.38. The molecule has 2 saturated heterocycles. The number of hydrogen-bond acceptors (Lipinski definition) is 6. The van der Waals surface area contributed by atoms with Gasteiger partial charge in [0.15, 0.2) is 0 Å². The fourth-order valence-corrected chi connectivity index (χ4v) is 4.98. The monoisotopic (exact) mass is 436 g/mol. The first kappa shape index (κ1) is 21.0. The Balaban J connectivity index is 1.49.